The third-order valence-electron chi connectivity index (χ3n) is 2.32. The van der Waals surface area contributed by atoms with Gasteiger partial charge in [0.25, 0.3) is 0 Å². The zero-order chi connectivity index (χ0) is 13.1. The van der Waals surface area contributed by atoms with Gasteiger partial charge >= 0.3 is 5.97 Å². The SMILES string of the molecule is Cn1ccc(COc2ccc(F)cc2C(=O)O)n1. The number of carboxylic acid groups (broad SMARTS) is 1. The molecule has 2 aromatic rings. The number of aryl methyl sites for hydroxylation is 1. The van der Waals surface area contributed by atoms with E-state index in [2.05, 4.69) is 5.10 Å². The normalized spacial score (nSPS) is 10.3. The first kappa shape index (κ1) is 12.1. The molecule has 0 saturated heterocycles. The Balaban J connectivity index is 2.16. The Morgan fingerprint density at radius 3 is 2.89 bits per heavy atom. The lowest BCUT2D eigenvalue weighted by atomic mass is 10.2. The topological polar surface area (TPSA) is 64.3 Å². The number of halogens is 1. The first-order valence-electron chi connectivity index (χ1n) is 5.20. The lowest BCUT2D eigenvalue weighted by Crippen LogP contribution is -2.04. The maximum atomic E-state index is 12.9. The number of nitrogens with zero attached hydrogens (tertiary/aromatic N) is 2. The Morgan fingerprint density at radius 1 is 1.50 bits per heavy atom. The number of aromatic nitrogens is 2. The molecule has 0 unspecified atom stereocenters. The van der Waals surface area contributed by atoms with Crippen molar-refractivity contribution in [1.82, 2.24) is 9.78 Å². The summed E-state index contributed by atoms with van der Waals surface area (Å²) in [7, 11) is 1.77. The fourth-order valence-electron chi connectivity index (χ4n) is 1.49. The molecule has 1 N–H and O–H groups in total. The van der Waals surface area contributed by atoms with Crippen molar-refractivity contribution in [3.63, 3.8) is 0 Å². The predicted molar refractivity (Wildman–Crippen MR) is 60.9 cm³/mol. The summed E-state index contributed by atoms with van der Waals surface area (Å²) in [5, 5.41) is 13.0. The van der Waals surface area contributed by atoms with Crippen LogP contribution in [0.5, 0.6) is 5.75 Å². The van der Waals surface area contributed by atoms with Crippen molar-refractivity contribution in [2.75, 3.05) is 0 Å². The molecule has 18 heavy (non-hydrogen) atoms. The quantitative estimate of drug-likeness (QED) is 0.899. The number of carbonyl (C=O) groups is 1. The summed E-state index contributed by atoms with van der Waals surface area (Å²) in [6, 6.07) is 5.13. The molecular formula is C12H11FN2O3. The summed E-state index contributed by atoms with van der Waals surface area (Å²) in [5.41, 5.74) is 0.462. The summed E-state index contributed by atoms with van der Waals surface area (Å²) in [6.07, 6.45) is 1.75. The second-order valence-electron chi connectivity index (χ2n) is 3.72. The van der Waals surface area contributed by atoms with E-state index < -0.39 is 11.8 Å². The molecule has 0 aliphatic heterocycles. The van der Waals surface area contributed by atoms with E-state index >= 15 is 0 Å². The van der Waals surface area contributed by atoms with Crippen LogP contribution in [0.4, 0.5) is 4.39 Å². The molecule has 0 bridgehead atoms. The van der Waals surface area contributed by atoms with E-state index in [0.29, 0.717) is 5.69 Å². The van der Waals surface area contributed by atoms with Crippen molar-refractivity contribution in [3.8, 4) is 5.75 Å². The van der Waals surface area contributed by atoms with Gasteiger partial charge in [0.2, 0.25) is 0 Å². The highest BCUT2D eigenvalue weighted by Gasteiger charge is 2.13. The average molecular weight is 250 g/mol. The third-order valence-corrected chi connectivity index (χ3v) is 2.32. The number of aromatic carboxylic acids is 1. The molecule has 2 rings (SSSR count). The highest BCUT2D eigenvalue weighted by atomic mass is 19.1. The van der Waals surface area contributed by atoms with Gasteiger partial charge in [-0.1, -0.05) is 0 Å². The number of hydrogen-bond donors (Lipinski definition) is 1. The number of hydrogen-bond acceptors (Lipinski definition) is 3. The van der Waals surface area contributed by atoms with Gasteiger partial charge in [-0.3, -0.25) is 4.68 Å². The lowest BCUT2D eigenvalue weighted by Gasteiger charge is -2.07. The molecular weight excluding hydrogens is 239 g/mol. The Kier molecular flexibility index (Phi) is 3.27. The van der Waals surface area contributed by atoms with Crippen LogP contribution in [-0.4, -0.2) is 20.9 Å². The second kappa shape index (κ2) is 4.87. The average Bonchev–Trinajstić information content (AvgIpc) is 2.73. The Hall–Kier alpha value is -2.37. The molecule has 0 aliphatic carbocycles. The van der Waals surface area contributed by atoms with Gasteiger partial charge in [-0.05, 0) is 24.3 Å². The van der Waals surface area contributed by atoms with Gasteiger partial charge in [0.05, 0.1) is 5.69 Å². The van der Waals surface area contributed by atoms with Crippen molar-refractivity contribution >= 4 is 5.97 Å². The van der Waals surface area contributed by atoms with Crippen molar-refractivity contribution in [2.45, 2.75) is 6.61 Å². The van der Waals surface area contributed by atoms with Gasteiger partial charge in [-0.2, -0.15) is 5.10 Å². The van der Waals surface area contributed by atoms with E-state index in [9.17, 15) is 9.18 Å². The van der Waals surface area contributed by atoms with Crippen molar-refractivity contribution in [1.29, 1.82) is 0 Å². The van der Waals surface area contributed by atoms with Gasteiger partial charge in [-0.25, -0.2) is 9.18 Å². The van der Waals surface area contributed by atoms with Gasteiger partial charge in [0.1, 0.15) is 23.7 Å². The van der Waals surface area contributed by atoms with Crippen LogP contribution in [0.25, 0.3) is 0 Å². The molecule has 0 saturated carbocycles. The zero-order valence-electron chi connectivity index (χ0n) is 9.63. The van der Waals surface area contributed by atoms with Crippen LogP contribution in [0.15, 0.2) is 30.5 Å². The zero-order valence-corrected chi connectivity index (χ0v) is 9.63. The molecule has 1 heterocycles. The summed E-state index contributed by atoms with van der Waals surface area (Å²) in [5.74, 6) is -1.72. The van der Waals surface area contributed by atoms with E-state index in [1.165, 1.54) is 6.07 Å². The summed E-state index contributed by atoms with van der Waals surface area (Å²) < 4.78 is 19.9. The predicted octanol–water partition coefficient (Wildman–Crippen LogP) is 1.84. The summed E-state index contributed by atoms with van der Waals surface area (Å²) >= 11 is 0. The van der Waals surface area contributed by atoms with Crippen LogP contribution in [0.1, 0.15) is 16.1 Å². The van der Waals surface area contributed by atoms with E-state index in [1.807, 2.05) is 0 Å². The molecule has 6 heteroatoms. The molecule has 1 aromatic carbocycles. The number of rotatable bonds is 4. The molecule has 0 radical (unpaired) electrons. The summed E-state index contributed by atoms with van der Waals surface area (Å²) in [6.45, 7) is 0.132. The molecule has 94 valence electrons. The van der Waals surface area contributed by atoms with Crippen molar-refractivity contribution < 1.29 is 19.0 Å². The molecule has 1 aromatic heterocycles. The van der Waals surface area contributed by atoms with Crippen molar-refractivity contribution in [2.24, 2.45) is 7.05 Å². The van der Waals surface area contributed by atoms with Gasteiger partial charge < -0.3 is 9.84 Å². The molecule has 5 nitrogen and oxygen atoms in total. The van der Waals surface area contributed by atoms with E-state index in [4.69, 9.17) is 9.84 Å². The van der Waals surface area contributed by atoms with Crippen LogP contribution in [0, 0.1) is 5.82 Å². The van der Waals surface area contributed by atoms with Crippen molar-refractivity contribution in [3.05, 3.63) is 47.5 Å². The standard InChI is InChI=1S/C12H11FN2O3/c1-15-5-4-9(14-15)7-18-11-3-2-8(13)6-10(11)12(16)17/h2-6H,7H2,1H3,(H,16,17). The highest BCUT2D eigenvalue weighted by molar-refractivity contribution is 5.90. The van der Waals surface area contributed by atoms with Crippen LogP contribution in [-0.2, 0) is 13.7 Å². The molecule has 0 spiro atoms. The highest BCUT2D eigenvalue weighted by Crippen LogP contribution is 2.20. The lowest BCUT2D eigenvalue weighted by molar-refractivity contribution is 0.0691. The first-order chi connectivity index (χ1) is 8.56. The molecule has 0 aliphatic rings. The number of benzene rings is 1. The van der Waals surface area contributed by atoms with Gasteiger partial charge in [0, 0.05) is 13.2 Å². The maximum absolute atomic E-state index is 12.9. The van der Waals surface area contributed by atoms with Gasteiger partial charge in [0.15, 0.2) is 0 Å². The summed E-state index contributed by atoms with van der Waals surface area (Å²) in [4.78, 5) is 10.9. The van der Waals surface area contributed by atoms with E-state index in [0.717, 1.165) is 12.1 Å². The molecule has 0 amide bonds. The largest absolute Gasteiger partial charge is 0.486 e. The van der Waals surface area contributed by atoms with E-state index in [-0.39, 0.29) is 17.9 Å². The second-order valence-corrected chi connectivity index (χ2v) is 3.72. The molecule has 0 atom stereocenters. The minimum atomic E-state index is -1.23. The third kappa shape index (κ3) is 2.65. The first-order valence-corrected chi connectivity index (χ1v) is 5.20. The van der Waals surface area contributed by atoms with Gasteiger partial charge in [-0.15, -0.1) is 0 Å². The van der Waals surface area contributed by atoms with E-state index in [1.54, 1.807) is 24.0 Å². The fraction of sp³-hybridized carbons (Fsp3) is 0.167. The maximum Gasteiger partial charge on any atom is 0.339 e. The Morgan fingerprint density at radius 2 is 2.28 bits per heavy atom. The molecule has 0 fully saturated rings. The van der Waals surface area contributed by atoms with Crippen LogP contribution < -0.4 is 4.74 Å². The van der Waals surface area contributed by atoms with Crippen LogP contribution in [0.2, 0.25) is 0 Å². The minimum absolute atomic E-state index is 0.120. The Bertz CT molecular complexity index is 580. The monoisotopic (exact) mass is 250 g/mol. The number of ether oxygens (including phenoxy) is 1. The van der Waals surface area contributed by atoms with Crippen LogP contribution >= 0.6 is 0 Å². The fourth-order valence-corrected chi connectivity index (χ4v) is 1.49. The smallest absolute Gasteiger partial charge is 0.339 e. The number of carboxylic acids is 1. The Labute approximate surface area is 102 Å². The minimum Gasteiger partial charge on any atom is -0.486 e. The van der Waals surface area contributed by atoms with Crippen LogP contribution in [0.3, 0.4) is 0 Å².